The maximum Gasteiger partial charge on any atom is 0.230 e. The maximum atomic E-state index is 8.66. The minimum Gasteiger partial charge on any atom is -0.492 e. The largest absolute Gasteiger partial charge is 0.492 e. The monoisotopic (exact) mass is 128 g/mol. The van der Waals surface area contributed by atoms with E-state index in [2.05, 4.69) is 11.1 Å². The van der Waals surface area contributed by atoms with E-state index in [1.807, 2.05) is 0 Å². The lowest BCUT2D eigenvalue weighted by atomic mass is 10.5. The lowest BCUT2D eigenvalue weighted by Gasteiger charge is -1.88. The quantitative estimate of drug-likeness (QED) is 0.570. The Kier molecular flexibility index (Phi) is 1.35. The molecule has 0 saturated heterocycles. The van der Waals surface area contributed by atoms with Crippen molar-refractivity contribution in [1.82, 2.24) is 4.98 Å². The zero-order valence-electron chi connectivity index (χ0n) is 3.93. The van der Waals surface area contributed by atoms with Crippen LogP contribution in [0, 0.1) is 6.07 Å². The highest BCUT2D eigenvalue weighted by atomic mass is 35.5. The summed E-state index contributed by atoms with van der Waals surface area (Å²) >= 11 is 5.36. The van der Waals surface area contributed by atoms with Crippen LogP contribution >= 0.6 is 11.6 Å². The standard InChI is InChI=1S/C5H3ClNO/c6-4-2-1-3-7-5(4)8/h2-3H,(H,7,8). The fourth-order valence-electron chi connectivity index (χ4n) is 0.335. The van der Waals surface area contributed by atoms with Crippen molar-refractivity contribution in [2.24, 2.45) is 0 Å². The van der Waals surface area contributed by atoms with Gasteiger partial charge in [0.2, 0.25) is 5.88 Å². The molecular weight excluding hydrogens is 126 g/mol. The van der Waals surface area contributed by atoms with Gasteiger partial charge >= 0.3 is 0 Å². The molecule has 0 aliphatic rings. The smallest absolute Gasteiger partial charge is 0.230 e. The first-order valence-corrected chi connectivity index (χ1v) is 2.39. The van der Waals surface area contributed by atoms with Crippen LogP contribution in [0.3, 0.4) is 0 Å². The number of rotatable bonds is 0. The second-order valence-corrected chi connectivity index (χ2v) is 1.65. The van der Waals surface area contributed by atoms with E-state index in [4.69, 9.17) is 16.7 Å². The fourth-order valence-corrected chi connectivity index (χ4v) is 0.447. The molecule has 0 aliphatic carbocycles. The van der Waals surface area contributed by atoms with E-state index in [1.165, 1.54) is 12.3 Å². The molecule has 0 bridgehead atoms. The maximum absolute atomic E-state index is 8.66. The Hall–Kier alpha value is -0.760. The van der Waals surface area contributed by atoms with Crippen LogP contribution in [0.15, 0.2) is 12.3 Å². The molecule has 41 valence electrons. The van der Waals surface area contributed by atoms with Crippen LogP contribution in [0.25, 0.3) is 0 Å². The number of pyridine rings is 1. The van der Waals surface area contributed by atoms with Gasteiger partial charge in [-0.25, -0.2) is 4.98 Å². The number of hydrogen-bond acceptors (Lipinski definition) is 2. The zero-order valence-corrected chi connectivity index (χ0v) is 4.68. The van der Waals surface area contributed by atoms with E-state index in [0.29, 0.717) is 0 Å². The van der Waals surface area contributed by atoms with Crippen molar-refractivity contribution in [3.8, 4) is 5.88 Å². The van der Waals surface area contributed by atoms with Gasteiger partial charge in [0.05, 0.1) is 0 Å². The average molecular weight is 129 g/mol. The molecule has 3 heteroatoms. The fraction of sp³-hybridized carbons (Fsp3) is 0. The van der Waals surface area contributed by atoms with Crippen molar-refractivity contribution in [2.75, 3.05) is 0 Å². The number of aromatic nitrogens is 1. The second kappa shape index (κ2) is 2.01. The van der Waals surface area contributed by atoms with Crippen molar-refractivity contribution >= 4 is 11.6 Å². The van der Waals surface area contributed by atoms with Gasteiger partial charge in [0.1, 0.15) is 5.02 Å². The molecule has 1 N–H and O–H groups in total. The lowest BCUT2D eigenvalue weighted by molar-refractivity contribution is 0.454. The second-order valence-electron chi connectivity index (χ2n) is 1.24. The van der Waals surface area contributed by atoms with Crippen LogP contribution in [0.2, 0.25) is 5.02 Å². The third kappa shape index (κ3) is 0.898. The van der Waals surface area contributed by atoms with Crippen molar-refractivity contribution in [1.29, 1.82) is 0 Å². The molecule has 0 aromatic carbocycles. The van der Waals surface area contributed by atoms with E-state index in [1.54, 1.807) is 0 Å². The van der Waals surface area contributed by atoms with E-state index >= 15 is 0 Å². The van der Waals surface area contributed by atoms with E-state index in [-0.39, 0.29) is 10.9 Å². The number of nitrogens with zero attached hydrogens (tertiary/aromatic N) is 1. The first-order chi connectivity index (χ1) is 3.80. The average Bonchev–Trinajstić information content (AvgIpc) is 1.77. The van der Waals surface area contributed by atoms with Gasteiger partial charge < -0.3 is 5.11 Å². The molecule has 1 aromatic heterocycles. The Morgan fingerprint density at radius 1 is 1.75 bits per heavy atom. The summed E-state index contributed by atoms with van der Waals surface area (Å²) in [5, 5.41) is 8.89. The Morgan fingerprint density at radius 2 is 2.50 bits per heavy atom. The zero-order chi connectivity index (χ0) is 5.98. The van der Waals surface area contributed by atoms with Crippen molar-refractivity contribution < 1.29 is 5.11 Å². The van der Waals surface area contributed by atoms with Crippen LogP contribution in [0.4, 0.5) is 0 Å². The van der Waals surface area contributed by atoms with Gasteiger partial charge in [0, 0.05) is 12.3 Å². The van der Waals surface area contributed by atoms with Crippen LogP contribution in [0.1, 0.15) is 0 Å². The summed E-state index contributed by atoms with van der Waals surface area (Å²) in [6, 6.07) is 4.05. The summed E-state index contributed by atoms with van der Waals surface area (Å²) in [4.78, 5) is 3.45. The SMILES string of the molecule is Oc1nc[c]cc1Cl. The van der Waals surface area contributed by atoms with Crippen LogP contribution in [-0.2, 0) is 0 Å². The highest BCUT2D eigenvalue weighted by Gasteiger charge is 1.92. The first kappa shape index (κ1) is 5.38. The van der Waals surface area contributed by atoms with Crippen LogP contribution in [0.5, 0.6) is 5.88 Å². The van der Waals surface area contributed by atoms with Crippen LogP contribution < -0.4 is 0 Å². The van der Waals surface area contributed by atoms with Crippen molar-refractivity contribution in [3.05, 3.63) is 23.4 Å². The first-order valence-electron chi connectivity index (χ1n) is 2.01. The summed E-state index contributed by atoms with van der Waals surface area (Å²) in [6.07, 6.45) is 1.35. The van der Waals surface area contributed by atoms with Gasteiger partial charge in [0.15, 0.2) is 0 Å². The van der Waals surface area contributed by atoms with Gasteiger partial charge in [-0.15, -0.1) is 0 Å². The minimum atomic E-state index is -0.148. The van der Waals surface area contributed by atoms with Gasteiger partial charge in [-0.05, 0) is 6.07 Å². The van der Waals surface area contributed by atoms with Gasteiger partial charge in [0.25, 0.3) is 0 Å². The molecule has 8 heavy (non-hydrogen) atoms. The molecule has 2 nitrogen and oxygen atoms in total. The molecule has 0 aliphatic heterocycles. The lowest BCUT2D eigenvalue weighted by Crippen LogP contribution is -1.71. The van der Waals surface area contributed by atoms with E-state index in [9.17, 15) is 0 Å². The van der Waals surface area contributed by atoms with Crippen LogP contribution in [-0.4, -0.2) is 10.1 Å². The molecule has 1 heterocycles. The van der Waals surface area contributed by atoms with Gasteiger partial charge in [-0.2, -0.15) is 0 Å². The third-order valence-electron chi connectivity index (χ3n) is 0.685. The number of halogens is 1. The number of hydrogen-bond donors (Lipinski definition) is 1. The summed E-state index contributed by atoms with van der Waals surface area (Å²) in [5.74, 6) is -0.148. The number of aromatic hydroxyl groups is 1. The van der Waals surface area contributed by atoms with Crippen molar-refractivity contribution in [3.63, 3.8) is 0 Å². The molecule has 0 amide bonds. The summed E-state index contributed by atoms with van der Waals surface area (Å²) < 4.78 is 0. The van der Waals surface area contributed by atoms with Gasteiger partial charge in [-0.3, -0.25) is 0 Å². The molecule has 0 unspecified atom stereocenters. The Labute approximate surface area is 51.7 Å². The highest BCUT2D eigenvalue weighted by molar-refractivity contribution is 6.31. The van der Waals surface area contributed by atoms with Crippen molar-refractivity contribution in [2.45, 2.75) is 0 Å². The van der Waals surface area contributed by atoms with E-state index in [0.717, 1.165) is 0 Å². The summed E-state index contributed by atoms with van der Waals surface area (Å²) in [7, 11) is 0. The molecular formula is C5H3ClNO. The Balaban J connectivity index is 3.13. The highest BCUT2D eigenvalue weighted by Crippen LogP contribution is 2.16. The summed E-state index contributed by atoms with van der Waals surface area (Å²) in [5.41, 5.74) is 0. The molecule has 1 aromatic rings. The molecule has 1 rings (SSSR count). The third-order valence-corrected chi connectivity index (χ3v) is 0.963. The normalized spacial score (nSPS) is 9.12. The molecule has 0 saturated carbocycles. The topological polar surface area (TPSA) is 33.1 Å². The van der Waals surface area contributed by atoms with Gasteiger partial charge in [-0.1, -0.05) is 11.6 Å². The molecule has 0 atom stereocenters. The Bertz CT molecular complexity index is 169. The van der Waals surface area contributed by atoms with E-state index < -0.39 is 0 Å². The predicted octanol–water partition coefficient (Wildman–Crippen LogP) is 1.24. The molecule has 1 radical (unpaired) electrons. The Morgan fingerprint density at radius 3 is 2.88 bits per heavy atom. The molecule has 0 fully saturated rings. The molecule has 0 spiro atoms. The predicted molar refractivity (Wildman–Crippen MR) is 29.7 cm³/mol. The minimum absolute atomic E-state index is 0.148. The summed E-state index contributed by atoms with van der Waals surface area (Å²) in [6.45, 7) is 0.